The Bertz CT molecular complexity index is 505. The van der Waals surface area contributed by atoms with Crippen molar-refractivity contribution < 1.29 is 4.39 Å². The molecule has 0 aliphatic carbocycles. The maximum absolute atomic E-state index is 13.9. The minimum atomic E-state index is -0.211. The van der Waals surface area contributed by atoms with E-state index < -0.39 is 0 Å². The fourth-order valence-corrected chi connectivity index (χ4v) is 2.10. The SMILES string of the molecule is Fc1cc2c(cc1-c1ccn[nH]1)CCCN2. The van der Waals surface area contributed by atoms with Crippen LogP contribution in [0.2, 0.25) is 0 Å². The first-order valence-corrected chi connectivity index (χ1v) is 5.40. The summed E-state index contributed by atoms with van der Waals surface area (Å²) >= 11 is 0. The maximum atomic E-state index is 13.9. The lowest BCUT2D eigenvalue weighted by Crippen LogP contribution is -2.12. The van der Waals surface area contributed by atoms with Crippen LogP contribution in [0.4, 0.5) is 10.1 Å². The van der Waals surface area contributed by atoms with Crippen LogP contribution in [-0.2, 0) is 6.42 Å². The Hall–Kier alpha value is -1.84. The van der Waals surface area contributed by atoms with Crippen molar-refractivity contribution >= 4 is 5.69 Å². The van der Waals surface area contributed by atoms with Crippen molar-refractivity contribution in [2.45, 2.75) is 12.8 Å². The van der Waals surface area contributed by atoms with Gasteiger partial charge in [0.15, 0.2) is 0 Å². The third-order valence-electron chi connectivity index (χ3n) is 2.92. The number of nitrogens with one attached hydrogen (secondary N) is 2. The topological polar surface area (TPSA) is 40.7 Å². The van der Waals surface area contributed by atoms with Gasteiger partial charge in [0, 0.05) is 24.0 Å². The molecule has 4 heteroatoms. The quantitative estimate of drug-likeness (QED) is 0.770. The molecule has 1 aromatic carbocycles. The molecule has 1 aliphatic heterocycles. The van der Waals surface area contributed by atoms with Gasteiger partial charge in [-0.05, 0) is 36.6 Å². The van der Waals surface area contributed by atoms with Crippen LogP contribution in [0.1, 0.15) is 12.0 Å². The van der Waals surface area contributed by atoms with Gasteiger partial charge in [-0.3, -0.25) is 5.10 Å². The van der Waals surface area contributed by atoms with E-state index in [-0.39, 0.29) is 5.82 Å². The van der Waals surface area contributed by atoms with Gasteiger partial charge in [-0.1, -0.05) is 0 Å². The normalized spacial score (nSPS) is 14.3. The number of halogens is 1. The van der Waals surface area contributed by atoms with Gasteiger partial charge in [0.25, 0.3) is 0 Å². The Balaban J connectivity index is 2.12. The lowest BCUT2D eigenvalue weighted by atomic mass is 9.99. The molecule has 0 radical (unpaired) electrons. The Kier molecular flexibility index (Phi) is 2.13. The van der Waals surface area contributed by atoms with E-state index in [1.807, 2.05) is 6.07 Å². The van der Waals surface area contributed by atoms with Crippen LogP contribution in [0.5, 0.6) is 0 Å². The summed E-state index contributed by atoms with van der Waals surface area (Å²) in [5.74, 6) is -0.211. The summed E-state index contributed by atoms with van der Waals surface area (Å²) in [6.45, 7) is 0.926. The van der Waals surface area contributed by atoms with Crippen LogP contribution < -0.4 is 5.32 Å². The molecule has 2 heterocycles. The highest BCUT2D eigenvalue weighted by Gasteiger charge is 2.14. The summed E-state index contributed by atoms with van der Waals surface area (Å²) in [7, 11) is 0. The zero-order chi connectivity index (χ0) is 11.0. The molecule has 0 unspecified atom stereocenters. The fraction of sp³-hybridized carbons (Fsp3) is 0.250. The average molecular weight is 217 g/mol. The van der Waals surface area contributed by atoms with Crippen LogP contribution >= 0.6 is 0 Å². The molecule has 0 saturated heterocycles. The second kappa shape index (κ2) is 3.63. The van der Waals surface area contributed by atoms with Crippen molar-refractivity contribution in [2.24, 2.45) is 0 Å². The van der Waals surface area contributed by atoms with Crippen molar-refractivity contribution in [1.82, 2.24) is 10.2 Å². The highest BCUT2D eigenvalue weighted by Crippen LogP contribution is 2.29. The maximum Gasteiger partial charge on any atom is 0.134 e. The van der Waals surface area contributed by atoms with Gasteiger partial charge in [-0.15, -0.1) is 0 Å². The average Bonchev–Trinajstić information content (AvgIpc) is 2.81. The van der Waals surface area contributed by atoms with E-state index in [0.29, 0.717) is 5.56 Å². The number of hydrogen-bond donors (Lipinski definition) is 2. The molecule has 0 fully saturated rings. The fourth-order valence-electron chi connectivity index (χ4n) is 2.10. The van der Waals surface area contributed by atoms with Crippen LogP contribution in [-0.4, -0.2) is 16.7 Å². The molecule has 3 rings (SSSR count). The van der Waals surface area contributed by atoms with Crippen molar-refractivity contribution in [3.63, 3.8) is 0 Å². The van der Waals surface area contributed by atoms with Gasteiger partial charge in [0.2, 0.25) is 0 Å². The van der Waals surface area contributed by atoms with Crippen LogP contribution in [0.25, 0.3) is 11.3 Å². The number of hydrogen-bond acceptors (Lipinski definition) is 2. The number of aromatic nitrogens is 2. The molecule has 0 bridgehead atoms. The molecule has 0 atom stereocenters. The summed E-state index contributed by atoms with van der Waals surface area (Å²) in [4.78, 5) is 0. The van der Waals surface area contributed by atoms with E-state index in [2.05, 4.69) is 15.5 Å². The number of anilines is 1. The van der Waals surface area contributed by atoms with Gasteiger partial charge < -0.3 is 5.32 Å². The van der Waals surface area contributed by atoms with E-state index in [9.17, 15) is 4.39 Å². The summed E-state index contributed by atoms with van der Waals surface area (Å²) in [6, 6.07) is 5.26. The van der Waals surface area contributed by atoms with E-state index in [1.54, 1.807) is 18.3 Å². The predicted octanol–water partition coefficient (Wildman–Crippen LogP) is 2.57. The molecule has 1 aliphatic rings. The Morgan fingerprint density at radius 2 is 2.25 bits per heavy atom. The molecule has 1 aromatic heterocycles. The van der Waals surface area contributed by atoms with Gasteiger partial charge in [-0.25, -0.2) is 4.39 Å². The minimum absolute atomic E-state index is 0.211. The number of aryl methyl sites for hydroxylation is 1. The standard InChI is InChI=1S/C12H12FN3/c13-10-7-12-8(2-1-4-14-12)6-9(10)11-3-5-15-16-11/h3,5-7,14H,1-2,4H2,(H,15,16). The van der Waals surface area contributed by atoms with Crippen LogP contribution in [0.15, 0.2) is 24.4 Å². The Labute approximate surface area is 92.7 Å². The highest BCUT2D eigenvalue weighted by molar-refractivity contribution is 5.67. The molecular weight excluding hydrogens is 205 g/mol. The first-order chi connectivity index (χ1) is 7.84. The summed E-state index contributed by atoms with van der Waals surface area (Å²) in [5, 5.41) is 9.85. The molecule has 0 spiro atoms. The number of nitrogens with zero attached hydrogens (tertiary/aromatic N) is 1. The molecule has 2 N–H and O–H groups in total. The zero-order valence-corrected chi connectivity index (χ0v) is 8.76. The molecule has 0 amide bonds. The van der Waals surface area contributed by atoms with Crippen molar-refractivity contribution in [3.8, 4) is 11.3 Å². The summed E-state index contributed by atoms with van der Waals surface area (Å²) in [5.41, 5.74) is 3.43. The first kappa shape index (κ1) is 9.39. The molecule has 2 aromatic rings. The van der Waals surface area contributed by atoms with Gasteiger partial charge in [0.1, 0.15) is 5.82 Å². The zero-order valence-electron chi connectivity index (χ0n) is 8.76. The van der Waals surface area contributed by atoms with E-state index in [1.165, 1.54) is 5.56 Å². The number of H-pyrrole nitrogens is 1. The van der Waals surface area contributed by atoms with E-state index in [0.717, 1.165) is 30.8 Å². The third-order valence-corrected chi connectivity index (χ3v) is 2.92. The predicted molar refractivity (Wildman–Crippen MR) is 60.8 cm³/mol. The second-order valence-electron chi connectivity index (χ2n) is 3.99. The Morgan fingerprint density at radius 1 is 1.31 bits per heavy atom. The smallest absolute Gasteiger partial charge is 0.134 e. The Morgan fingerprint density at radius 3 is 3.06 bits per heavy atom. The summed E-state index contributed by atoms with van der Waals surface area (Å²) < 4.78 is 13.9. The van der Waals surface area contributed by atoms with Crippen LogP contribution in [0.3, 0.4) is 0 Å². The molecule has 3 nitrogen and oxygen atoms in total. The third kappa shape index (κ3) is 1.46. The lowest BCUT2D eigenvalue weighted by Gasteiger charge is -2.18. The van der Waals surface area contributed by atoms with Gasteiger partial charge in [0.05, 0.1) is 5.69 Å². The van der Waals surface area contributed by atoms with Gasteiger partial charge >= 0.3 is 0 Å². The van der Waals surface area contributed by atoms with Crippen LogP contribution in [0, 0.1) is 5.82 Å². The van der Waals surface area contributed by atoms with Gasteiger partial charge in [-0.2, -0.15) is 5.10 Å². The summed E-state index contributed by atoms with van der Waals surface area (Å²) in [6.07, 6.45) is 3.73. The monoisotopic (exact) mass is 217 g/mol. The number of rotatable bonds is 1. The molecule has 16 heavy (non-hydrogen) atoms. The van der Waals surface area contributed by atoms with Crippen molar-refractivity contribution in [1.29, 1.82) is 0 Å². The molecule has 82 valence electrons. The van der Waals surface area contributed by atoms with Crippen molar-refractivity contribution in [2.75, 3.05) is 11.9 Å². The minimum Gasteiger partial charge on any atom is -0.385 e. The molecular formula is C12H12FN3. The van der Waals surface area contributed by atoms with E-state index in [4.69, 9.17) is 0 Å². The number of aromatic amines is 1. The van der Waals surface area contributed by atoms with Crippen molar-refractivity contribution in [3.05, 3.63) is 35.8 Å². The first-order valence-electron chi connectivity index (χ1n) is 5.40. The lowest BCUT2D eigenvalue weighted by molar-refractivity contribution is 0.629. The second-order valence-corrected chi connectivity index (χ2v) is 3.99. The number of benzene rings is 1. The highest BCUT2D eigenvalue weighted by atomic mass is 19.1. The molecule has 0 saturated carbocycles. The largest absolute Gasteiger partial charge is 0.385 e. The van der Waals surface area contributed by atoms with E-state index >= 15 is 0 Å². The number of fused-ring (bicyclic) bond motifs is 1.